The topological polar surface area (TPSA) is 0 Å². The summed E-state index contributed by atoms with van der Waals surface area (Å²) in [5, 5.41) is 0. The summed E-state index contributed by atoms with van der Waals surface area (Å²) in [7, 11) is 0. The van der Waals surface area contributed by atoms with Gasteiger partial charge in [-0.2, -0.15) is 0 Å². The lowest BCUT2D eigenvalue weighted by molar-refractivity contribution is 0.160. The minimum absolute atomic E-state index is 0.556. The van der Waals surface area contributed by atoms with Crippen molar-refractivity contribution in [3.63, 3.8) is 0 Å². The third kappa shape index (κ3) is 3.71. The van der Waals surface area contributed by atoms with E-state index < -0.39 is 12.3 Å². The largest absolute Gasteiger partial charge is 0.247 e. The van der Waals surface area contributed by atoms with Gasteiger partial charge in [-0.1, -0.05) is 38.5 Å². The van der Waals surface area contributed by atoms with Crippen molar-refractivity contribution in [2.75, 3.05) is 0 Å². The van der Waals surface area contributed by atoms with Crippen molar-refractivity contribution in [3.05, 3.63) is 0 Å². The van der Waals surface area contributed by atoms with Crippen molar-refractivity contribution >= 4 is 0 Å². The molecule has 0 bridgehead atoms. The molecule has 0 saturated heterocycles. The Balaban J connectivity index is 1.66. The van der Waals surface area contributed by atoms with Crippen molar-refractivity contribution in [2.45, 2.75) is 76.6 Å². The van der Waals surface area contributed by atoms with Crippen molar-refractivity contribution < 1.29 is 8.78 Å². The number of alkyl halides is 2. The third-order valence-corrected chi connectivity index (χ3v) is 4.42. The first-order chi connectivity index (χ1) is 7.74. The molecular weight excluding hydrogens is 206 g/mol. The van der Waals surface area contributed by atoms with Crippen LogP contribution in [0.2, 0.25) is 0 Å². The fourth-order valence-electron chi connectivity index (χ4n) is 3.45. The molecule has 2 rings (SSSR count). The Morgan fingerprint density at radius 1 is 0.688 bits per heavy atom. The lowest BCUT2D eigenvalue weighted by Crippen LogP contribution is -2.20. The average molecular weight is 230 g/mol. The Kier molecular flexibility index (Phi) is 4.60. The van der Waals surface area contributed by atoms with Gasteiger partial charge in [0.05, 0.1) is 0 Å². The first kappa shape index (κ1) is 12.3. The Bertz CT molecular complexity index is 183. The first-order valence-corrected chi connectivity index (χ1v) is 7.02. The van der Waals surface area contributed by atoms with Gasteiger partial charge in [0.25, 0.3) is 0 Å². The lowest BCUT2D eigenvalue weighted by Gasteiger charge is -2.28. The van der Waals surface area contributed by atoms with Gasteiger partial charge in [-0.05, 0) is 37.5 Å². The van der Waals surface area contributed by atoms with Crippen LogP contribution in [0.3, 0.4) is 0 Å². The van der Waals surface area contributed by atoms with Gasteiger partial charge < -0.3 is 0 Å². The summed E-state index contributed by atoms with van der Waals surface area (Å²) in [6.45, 7) is 0. The number of hydrogen-bond donors (Lipinski definition) is 0. The molecule has 0 aromatic rings. The predicted molar refractivity (Wildman–Crippen MR) is 62.9 cm³/mol. The molecule has 4 unspecified atom stereocenters. The predicted octanol–water partition coefficient (Wildman–Crippen LogP) is 4.82. The van der Waals surface area contributed by atoms with E-state index in [4.69, 9.17) is 0 Å². The van der Waals surface area contributed by atoms with E-state index in [1.165, 1.54) is 12.8 Å². The van der Waals surface area contributed by atoms with E-state index in [1.807, 2.05) is 0 Å². The fraction of sp³-hybridized carbons (Fsp3) is 1.00. The second-order valence-corrected chi connectivity index (χ2v) is 5.84. The van der Waals surface area contributed by atoms with E-state index >= 15 is 0 Å². The zero-order valence-electron chi connectivity index (χ0n) is 10.1. The van der Waals surface area contributed by atoms with Gasteiger partial charge in [0.2, 0.25) is 0 Å². The highest BCUT2D eigenvalue weighted by atomic mass is 19.1. The van der Waals surface area contributed by atoms with Crippen LogP contribution in [0, 0.1) is 11.8 Å². The molecule has 0 heterocycles. The van der Waals surface area contributed by atoms with E-state index in [9.17, 15) is 8.78 Å². The number of halogens is 2. The van der Waals surface area contributed by atoms with Crippen molar-refractivity contribution in [2.24, 2.45) is 11.8 Å². The van der Waals surface area contributed by atoms with Gasteiger partial charge >= 0.3 is 0 Å². The number of hydrogen-bond acceptors (Lipinski definition) is 0. The molecule has 16 heavy (non-hydrogen) atoms. The van der Waals surface area contributed by atoms with Crippen molar-refractivity contribution in [1.82, 2.24) is 0 Å². The SMILES string of the molecule is FC1CCCC(CCC2CCCC(F)C2)C1. The van der Waals surface area contributed by atoms with Crippen LogP contribution in [0.25, 0.3) is 0 Å². The summed E-state index contributed by atoms with van der Waals surface area (Å²) in [4.78, 5) is 0. The van der Waals surface area contributed by atoms with E-state index in [-0.39, 0.29) is 0 Å². The zero-order chi connectivity index (χ0) is 11.4. The van der Waals surface area contributed by atoms with Crippen LogP contribution < -0.4 is 0 Å². The maximum absolute atomic E-state index is 13.2. The van der Waals surface area contributed by atoms with Crippen LogP contribution in [0.4, 0.5) is 8.78 Å². The molecule has 0 spiro atoms. The summed E-state index contributed by atoms with van der Waals surface area (Å²) < 4.78 is 26.4. The van der Waals surface area contributed by atoms with Gasteiger partial charge in [-0.3, -0.25) is 0 Å². The molecule has 2 aliphatic carbocycles. The first-order valence-electron chi connectivity index (χ1n) is 7.02. The summed E-state index contributed by atoms with van der Waals surface area (Å²) in [5.74, 6) is 1.17. The van der Waals surface area contributed by atoms with Gasteiger partial charge in [0.15, 0.2) is 0 Å². The van der Waals surface area contributed by atoms with Crippen molar-refractivity contribution in [1.29, 1.82) is 0 Å². The molecule has 0 amide bonds. The van der Waals surface area contributed by atoms with E-state index in [2.05, 4.69) is 0 Å². The molecule has 0 radical (unpaired) electrons. The molecular formula is C14H24F2. The zero-order valence-corrected chi connectivity index (χ0v) is 10.1. The average Bonchev–Trinajstić information content (AvgIpc) is 2.27. The van der Waals surface area contributed by atoms with Gasteiger partial charge in [0, 0.05) is 0 Å². The summed E-state index contributed by atoms with van der Waals surface area (Å²) in [5.41, 5.74) is 0. The quantitative estimate of drug-likeness (QED) is 0.652. The molecule has 94 valence electrons. The van der Waals surface area contributed by atoms with E-state index in [1.54, 1.807) is 0 Å². The van der Waals surface area contributed by atoms with Crippen LogP contribution in [-0.2, 0) is 0 Å². The Hall–Kier alpha value is -0.140. The molecule has 2 fully saturated rings. The molecule has 2 aliphatic rings. The second kappa shape index (κ2) is 5.97. The number of rotatable bonds is 3. The van der Waals surface area contributed by atoms with E-state index in [0.29, 0.717) is 11.8 Å². The lowest BCUT2D eigenvalue weighted by atomic mass is 9.79. The minimum atomic E-state index is -0.556. The van der Waals surface area contributed by atoms with Crippen LogP contribution in [0.5, 0.6) is 0 Å². The van der Waals surface area contributed by atoms with E-state index in [0.717, 1.165) is 51.4 Å². The van der Waals surface area contributed by atoms with Crippen LogP contribution >= 0.6 is 0 Å². The molecule has 0 aliphatic heterocycles. The molecule has 2 heteroatoms. The Morgan fingerprint density at radius 2 is 1.12 bits per heavy atom. The second-order valence-electron chi connectivity index (χ2n) is 5.84. The molecule has 0 nitrogen and oxygen atoms in total. The fourth-order valence-corrected chi connectivity index (χ4v) is 3.45. The highest BCUT2D eigenvalue weighted by Gasteiger charge is 2.25. The normalized spacial score (nSPS) is 40.9. The van der Waals surface area contributed by atoms with Crippen molar-refractivity contribution in [3.8, 4) is 0 Å². The third-order valence-electron chi connectivity index (χ3n) is 4.42. The van der Waals surface area contributed by atoms with Crippen LogP contribution in [0.15, 0.2) is 0 Å². The summed E-state index contributed by atoms with van der Waals surface area (Å²) >= 11 is 0. The highest BCUT2D eigenvalue weighted by molar-refractivity contribution is 4.76. The summed E-state index contributed by atoms with van der Waals surface area (Å²) in [6.07, 6.45) is 8.76. The van der Waals surface area contributed by atoms with Crippen LogP contribution in [0.1, 0.15) is 64.2 Å². The maximum Gasteiger partial charge on any atom is 0.100 e. The van der Waals surface area contributed by atoms with Crippen LogP contribution in [-0.4, -0.2) is 12.3 Å². The Morgan fingerprint density at radius 3 is 1.50 bits per heavy atom. The standard InChI is InChI=1S/C14H24F2/c15-13-5-1-3-11(9-13)7-8-12-4-2-6-14(16)10-12/h11-14H,1-10H2. The van der Waals surface area contributed by atoms with Gasteiger partial charge in [-0.15, -0.1) is 0 Å². The Labute approximate surface area is 97.8 Å². The molecule has 0 N–H and O–H groups in total. The van der Waals surface area contributed by atoms with Gasteiger partial charge in [-0.25, -0.2) is 8.78 Å². The minimum Gasteiger partial charge on any atom is -0.247 e. The summed E-state index contributed by atoms with van der Waals surface area (Å²) in [6, 6.07) is 0. The molecule has 0 aromatic heterocycles. The molecule has 4 atom stereocenters. The monoisotopic (exact) mass is 230 g/mol. The maximum atomic E-state index is 13.2. The smallest absolute Gasteiger partial charge is 0.100 e. The highest BCUT2D eigenvalue weighted by Crippen LogP contribution is 2.34. The molecule has 2 saturated carbocycles. The molecule has 0 aromatic carbocycles. The van der Waals surface area contributed by atoms with Gasteiger partial charge in [0.1, 0.15) is 12.3 Å².